The van der Waals surface area contributed by atoms with Crippen molar-refractivity contribution in [1.82, 2.24) is 4.57 Å². The average molecular weight is 493 g/mol. The third kappa shape index (κ3) is 4.81. The number of nitrogens with zero attached hydrogens (tertiary/aromatic N) is 2. The van der Waals surface area contributed by atoms with E-state index < -0.39 is 18.0 Å². The molecule has 1 aromatic heterocycles. The van der Waals surface area contributed by atoms with Gasteiger partial charge in [0.05, 0.1) is 40.6 Å². The summed E-state index contributed by atoms with van der Waals surface area (Å²) in [5, 5.41) is 9.12. The third-order valence-electron chi connectivity index (χ3n) is 5.47. The van der Waals surface area contributed by atoms with Gasteiger partial charge in [-0.15, -0.1) is 0 Å². The maximum atomic E-state index is 13.6. The van der Waals surface area contributed by atoms with Gasteiger partial charge < -0.3 is 14.6 Å². The molecule has 1 aliphatic heterocycles. The van der Waals surface area contributed by atoms with Gasteiger partial charge in [0.25, 0.3) is 5.56 Å². The molecule has 0 aliphatic carbocycles. The monoisotopic (exact) mass is 492 g/mol. The highest BCUT2D eigenvalue weighted by molar-refractivity contribution is 7.07. The first-order valence-electron chi connectivity index (χ1n) is 10.9. The topological polar surface area (TPSA) is 107 Å². The molecule has 1 N–H and O–H groups in total. The second-order valence-electron chi connectivity index (χ2n) is 8.24. The van der Waals surface area contributed by atoms with E-state index in [1.165, 1.54) is 28.0 Å². The Labute approximate surface area is 205 Å². The normalized spacial score (nSPS) is 15.6. The number of rotatable bonds is 6. The van der Waals surface area contributed by atoms with Crippen LogP contribution >= 0.6 is 11.3 Å². The van der Waals surface area contributed by atoms with Crippen LogP contribution in [0.15, 0.2) is 69.6 Å². The van der Waals surface area contributed by atoms with Gasteiger partial charge in [0.1, 0.15) is 5.75 Å². The maximum Gasteiger partial charge on any atom is 0.338 e. The molecule has 1 aliphatic rings. The fraction of sp³-hybridized carbons (Fsp3) is 0.231. The number of ether oxygens (including phenoxy) is 2. The first-order valence-corrected chi connectivity index (χ1v) is 11.7. The number of benzene rings is 2. The zero-order valence-corrected chi connectivity index (χ0v) is 20.5. The van der Waals surface area contributed by atoms with Crippen molar-refractivity contribution in [1.29, 1.82) is 0 Å². The molecule has 8 nitrogen and oxygen atoms in total. The number of allylic oxidation sites excluding steroid dienone is 1. The molecule has 2 aromatic carbocycles. The van der Waals surface area contributed by atoms with Crippen LogP contribution in [-0.4, -0.2) is 34.8 Å². The van der Waals surface area contributed by atoms with Gasteiger partial charge in [-0.05, 0) is 62.2 Å². The van der Waals surface area contributed by atoms with Gasteiger partial charge in [-0.25, -0.2) is 14.6 Å². The minimum absolute atomic E-state index is 0.159. The predicted octanol–water partition coefficient (Wildman–Crippen LogP) is 2.89. The molecule has 0 saturated carbocycles. The van der Waals surface area contributed by atoms with Crippen LogP contribution in [0.2, 0.25) is 0 Å². The van der Waals surface area contributed by atoms with Gasteiger partial charge in [-0.3, -0.25) is 9.36 Å². The lowest BCUT2D eigenvalue weighted by atomic mass is 9.96. The van der Waals surface area contributed by atoms with Gasteiger partial charge in [0.2, 0.25) is 0 Å². The Balaban J connectivity index is 1.89. The number of hydrogen-bond donors (Lipinski definition) is 1. The number of carbonyl (C=O) groups excluding carboxylic acids is 1. The van der Waals surface area contributed by atoms with Crippen molar-refractivity contribution in [2.24, 2.45) is 4.99 Å². The standard InChI is InChI=1S/C26H24N2O6S/c1-14(2)34-25(32)21-15(3)27-26-28(22(21)17-9-11-19(33-4)12-10-17)23(29)20(35-26)13-16-5-7-18(8-6-16)24(30)31/h5-14,22H,1-4H3,(H,30,31)/b20-13-/t22-/m1/s1. The summed E-state index contributed by atoms with van der Waals surface area (Å²) < 4.78 is 12.7. The van der Waals surface area contributed by atoms with Crippen LogP contribution in [-0.2, 0) is 9.53 Å². The highest BCUT2D eigenvalue weighted by Gasteiger charge is 2.33. The lowest BCUT2D eigenvalue weighted by Crippen LogP contribution is -2.40. The number of aromatic nitrogens is 1. The van der Waals surface area contributed by atoms with Crippen LogP contribution < -0.4 is 19.6 Å². The molecule has 2 heterocycles. The Hall–Kier alpha value is -3.98. The molecular formula is C26H24N2O6S. The molecule has 0 amide bonds. The van der Waals surface area contributed by atoms with E-state index >= 15 is 0 Å². The molecular weight excluding hydrogens is 468 g/mol. The Bertz CT molecular complexity index is 1500. The second kappa shape index (κ2) is 9.71. The summed E-state index contributed by atoms with van der Waals surface area (Å²) in [6, 6.07) is 12.7. The van der Waals surface area contributed by atoms with E-state index in [0.29, 0.717) is 37.5 Å². The molecule has 0 unspecified atom stereocenters. The van der Waals surface area contributed by atoms with E-state index in [1.807, 2.05) is 12.1 Å². The Kier molecular flexibility index (Phi) is 6.70. The van der Waals surface area contributed by atoms with E-state index in [-0.39, 0.29) is 17.2 Å². The Morgan fingerprint density at radius 2 is 1.77 bits per heavy atom. The molecule has 35 heavy (non-hydrogen) atoms. The lowest BCUT2D eigenvalue weighted by Gasteiger charge is -2.25. The van der Waals surface area contributed by atoms with E-state index in [9.17, 15) is 14.4 Å². The average Bonchev–Trinajstić information content (AvgIpc) is 3.12. The van der Waals surface area contributed by atoms with Crippen LogP contribution in [0.4, 0.5) is 0 Å². The summed E-state index contributed by atoms with van der Waals surface area (Å²) in [6.45, 7) is 5.26. The number of esters is 1. The van der Waals surface area contributed by atoms with Gasteiger partial charge in [-0.2, -0.15) is 0 Å². The number of carboxylic acids is 1. The van der Waals surface area contributed by atoms with Gasteiger partial charge in [0, 0.05) is 0 Å². The first-order chi connectivity index (χ1) is 16.7. The molecule has 9 heteroatoms. The lowest BCUT2D eigenvalue weighted by molar-refractivity contribution is -0.143. The number of hydrogen-bond acceptors (Lipinski definition) is 7. The van der Waals surface area contributed by atoms with Crippen molar-refractivity contribution in [3.63, 3.8) is 0 Å². The second-order valence-corrected chi connectivity index (χ2v) is 9.25. The Morgan fingerprint density at radius 1 is 1.11 bits per heavy atom. The highest BCUT2D eigenvalue weighted by Crippen LogP contribution is 2.31. The number of thiazole rings is 1. The van der Waals surface area contributed by atoms with Crippen molar-refractivity contribution < 1.29 is 24.2 Å². The summed E-state index contributed by atoms with van der Waals surface area (Å²) in [4.78, 5) is 42.8. The van der Waals surface area contributed by atoms with Crippen LogP contribution in [0.3, 0.4) is 0 Å². The molecule has 1 atom stereocenters. The summed E-state index contributed by atoms with van der Waals surface area (Å²) in [5.74, 6) is -0.898. The molecule has 0 fully saturated rings. The van der Waals surface area contributed by atoms with Crippen LogP contribution in [0.1, 0.15) is 48.3 Å². The van der Waals surface area contributed by atoms with Gasteiger partial charge >= 0.3 is 11.9 Å². The van der Waals surface area contributed by atoms with Crippen molar-refractivity contribution in [2.75, 3.05) is 7.11 Å². The number of aromatic carboxylic acids is 1. The van der Waals surface area contributed by atoms with E-state index in [4.69, 9.17) is 14.6 Å². The van der Waals surface area contributed by atoms with Crippen molar-refractivity contribution in [2.45, 2.75) is 32.9 Å². The quantitative estimate of drug-likeness (QED) is 0.531. The molecule has 4 rings (SSSR count). The molecule has 0 spiro atoms. The van der Waals surface area contributed by atoms with E-state index in [1.54, 1.807) is 58.2 Å². The number of carbonyl (C=O) groups is 2. The molecule has 0 radical (unpaired) electrons. The summed E-state index contributed by atoms with van der Waals surface area (Å²) in [5.41, 5.74) is 2.03. The highest BCUT2D eigenvalue weighted by atomic mass is 32.1. The van der Waals surface area contributed by atoms with Crippen LogP contribution in [0.25, 0.3) is 6.08 Å². The zero-order valence-electron chi connectivity index (χ0n) is 19.6. The summed E-state index contributed by atoms with van der Waals surface area (Å²) in [7, 11) is 1.57. The smallest absolute Gasteiger partial charge is 0.338 e. The fourth-order valence-electron chi connectivity index (χ4n) is 3.84. The van der Waals surface area contributed by atoms with Crippen molar-refractivity contribution in [3.05, 3.63) is 96.2 Å². The molecule has 0 saturated heterocycles. The minimum atomic E-state index is -1.02. The number of methoxy groups -OCH3 is 1. The minimum Gasteiger partial charge on any atom is -0.497 e. The SMILES string of the molecule is COc1ccc([C@@H]2C(C(=O)OC(C)C)=C(C)N=c3s/c(=C\c4ccc(C(=O)O)cc4)c(=O)n32)cc1. The van der Waals surface area contributed by atoms with Crippen molar-refractivity contribution in [3.8, 4) is 5.75 Å². The zero-order chi connectivity index (χ0) is 25.3. The number of carboxylic acid groups (broad SMARTS) is 1. The Morgan fingerprint density at radius 3 is 2.34 bits per heavy atom. The largest absolute Gasteiger partial charge is 0.497 e. The van der Waals surface area contributed by atoms with Crippen LogP contribution in [0, 0.1) is 0 Å². The summed E-state index contributed by atoms with van der Waals surface area (Å²) >= 11 is 1.21. The third-order valence-corrected chi connectivity index (χ3v) is 6.45. The maximum absolute atomic E-state index is 13.6. The van der Waals surface area contributed by atoms with E-state index in [0.717, 1.165) is 0 Å². The first kappa shape index (κ1) is 24.2. The molecule has 180 valence electrons. The fourth-order valence-corrected chi connectivity index (χ4v) is 4.88. The molecule has 3 aromatic rings. The summed E-state index contributed by atoms with van der Waals surface area (Å²) in [6.07, 6.45) is 1.35. The molecule has 0 bridgehead atoms. The van der Waals surface area contributed by atoms with Gasteiger partial charge in [-0.1, -0.05) is 35.6 Å². The van der Waals surface area contributed by atoms with E-state index in [2.05, 4.69) is 4.99 Å². The number of fused-ring (bicyclic) bond motifs is 1. The van der Waals surface area contributed by atoms with Crippen molar-refractivity contribution >= 4 is 29.4 Å². The predicted molar refractivity (Wildman–Crippen MR) is 131 cm³/mol. The van der Waals surface area contributed by atoms with Gasteiger partial charge in [0.15, 0.2) is 4.80 Å². The van der Waals surface area contributed by atoms with Crippen LogP contribution in [0.5, 0.6) is 5.75 Å².